The predicted molar refractivity (Wildman–Crippen MR) is 82.6 cm³/mol. The van der Waals surface area contributed by atoms with Gasteiger partial charge in [0.05, 0.1) is 12.1 Å². The topological polar surface area (TPSA) is 94.3 Å². The van der Waals surface area contributed by atoms with Crippen molar-refractivity contribution in [2.45, 2.75) is 23.5 Å². The van der Waals surface area contributed by atoms with Gasteiger partial charge < -0.3 is 5.11 Å². The molecule has 1 aromatic carbocycles. The van der Waals surface area contributed by atoms with Gasteiger partial charge in [-0.25, -0.2) is 17.8 Å². The smallest absolute Gasteiger partial charge is 0.246 e. The Morgan fingerprint density at radius 2 is 2.00 bits per heavy atom. The lowest BCUT2D eigenvalue weighted by Gasteiger charge is -2.24. The van der Waals surface area contributed by atoms with Gasteiger partial charge in [0.1, 0.15) is 16.8 Å². The summed E-state index contributed by atoms with van der Waals surface area (Å²) in [6.45, 7) is -0.0931. The highest BCUT2D eigenvalue weighted by atomic mass is 32.2. The molecule has 1 saturated heterocycles. The minimum absolute atomic E-state index is 0.0931. The van der Waals surface area contributed by atoms with Crippen molar-refractivity contribution in [1.82, 2.24) is 9.29 Å². The molecule has 6 nitrogen and oxygen atoms in total. The molecular formula is C16H14FN3O3S. The molecule has 0 amide bonds. The van der Waals surface area contributed by atoms with Crippen LogP contribution in [0.15, 0.2) is 47.5 Å². The number of rotatable bonds is 3. The van der Waals surface area contributed by atoms with E-state index >= 15 is 0 Å². The number of hydrogen-bond donors (Lipinski definition) is 1. The zero-order valence-corrected chi connectivity index (χ0v) is 13.3. The number of sulfonamides is 1. The van der Waals surface area contributed by atoms with Crippen molar-refractivity contribution in [2.75, 3.05) is 6.54 Å². The average molecular weight is 347 g/mol. The molecule has 1 N–H and O–H groups in total. The highest BCUT2D eigenvalue weighted by molar-refractivity contribution is 7.89. The van der Waals surface area contributed by atoms with Gasteiger partial charge in [-0.05, 0) is 36.2 Å². The van der Waals surface area contributed by atoms with Gasteiger partial charge in [0.15, 0.2) is 5.69 Å². The van der Waals surface area contributed by atoms with Crippen molar-refractivity contribution < 1.29 is 17.9 Å². The van der Waals surface area contributed by atoms with Gasteiger partial charge >= 0.3 is 0 Å². The van der Waals surface area contributed by atoms with Crippen molar-refractivity contribution in [3.63, 3.8) is 0 Å². The number of nitrogens with zero attached hydrogens (tertiary/aromatic N) is 3. The number of pyridine rings is 1. The molecule has 1 aliphatic rings. The summed E-state index contributed by atoms with van der Waals surface area (Å²) in [5, 5.41) is 19.1. The highest BCUT2D eigenvalue weighted by Crippen LogP contribution is 2.37. The van der Waals surface area contributed by atoms with E-state index in [1.54, 1.807) is 6.07 Å². The lowest BCUT2D eigenvalue weighted by molar-refractivity contribution is 0.188. The third kappa shape index (κ3) is 2.89. The summed E-state index contributed by atoms with van der Waals surface area (Å²) in [5.41, 5.74) is 0.385. The van der Waals surface area contributed by atoms with E-state index < -0.39 is 28.0 Å². The van der Waals surface area contributed by atoms with Gasteiger partial charge in [-0.1, -0.05) is 12.1 Å². The maximum atomic E-state index is 13.1. The summed E-state index contributed by atoms with van der Waals surface area (Å²) < 4.78 is 40.2. The van der Waals surface area contributed by atoms with E-state index in [1.807, 2.05) is 0 Å². The number of nitriles is 1. The monoisotopic (exact) mass is 347 g/mol. The average Bonchev–Trinajstić information content (AvgIpc) is 2.98. The number of aliphatic hydroxyl groups is 1. The van der Waals surface area contributed by atoms with Gasteiger partial charge in [0, 0.05) is 12.7 Å². The highest BCUT2D eigenvalue weighted by Gasteiger charge is 2.41. The van der Waals surface area contributed by atoms with Crippen LogP contribution >= 0.6 is 0 Å². The summed E-state index contributed by atoms with van der Waals surface area (Å²) >= 11 is 0. The van der Waals surface area contributed by atoms with E-state index in [4.69, 9.17) is 5.26 Å². The second kappa shape index (κ2) is 6.28. The van der Waals surface area contributed by atoms with Crippen molar-refractivity contribution in [1.29, 1.82) is 5.26 Å². The van der Waals surface area contributed by atoms with E-state index in [-0.39, 0.29) is 23.6 Å². The van der Waals surface area contributed by atoms with Crippen LogP contribution in [0.25, 0.3) is 0 Å². The number of halogens is 1. The number of benzene rings is 1. The van der Waals surface area contributed by atoms with Crippen molar-refractivity contribution in [3.8, 4) is 6.07 Å². The van der Waals surface area contributed by atoms with Crippen molar-refractivity contribution >= 4 is 10.0 Å². The Balaban J connectivity index is 2.05. The third-order valence-electron chi connectivity index (χ3n) is 3.95. The predicted octanol–water partition coefficient (Wildman–Crippen LogP) is 1.59. The summed E-state index contributed by atoms with van der Waals surface area (Å²) in [7, 11) is -4.03. The first-order chi connectivity index (χ1) is 11.4. The molecule has 0 bridgehead atoms. The fourth-order valence-corrected chi connectivity index (χ4v) is 4.60. The largest absolute Gasteiger partial charge is 0.392 e. The van der Waals surface area contributed by atoms with Crippen molar-refractivity contribution in [3.05, 3.63) is 59.7 Å². The molecular weight excluding hydrogens is 333 g/mol. The second-order valence-electron chi connectivity index (χ2n) is 5.49. The van der Waals surface area contributed by atoms with Crippen LogP contribution in [0, 0.1) is 17.1 Å². The second-order valence-corrected chi connectivity index (χ2v) is 7.35. The fourth-order valence-electron chi connectivity index (χ4n) is 2.85. The minimum atomic E-state index is -4.03. The summed E-state index contributed by atoms with van der Waals surface area (Å²) in [6.07, 6.45) is 0.706. The maximum absolute atomic E-state index is 13.1. The van der Waals surface area contributed by atoms with E-state index in [1.165, 1.54) is 42.6 Å². The molecule has 3 rings (SSSR count). The number of aliphatic hydroxyl groups excluding tert-OH is 1. The standard InChI is InChI=1S/C16H14FN3O3S/c17-12-5-3-11(4-6-12)15-8-13(21)10-20(15)24(22,23)16-2-1-7-19-14(16)9-18/h1-7,13,15,21H,8,10H2/t13-,15-/m0/s1. The Morgan fingerprint density at radius 3 is 2.67 bits per heavy atom. The molecule has 0 saturated carbocycles. The fraction of sp³-hybridized carbons (Fsp3) is 0.250. The summed E-state index contributed by atoms with van der Waals surface area (Å²) in [4.78, 5) is 3.58. The Hall–Kier alpha value is -2.34. The van der Waals surface area contributed by atoms with Crippen LogP contribution < -0.4 is 0 Å². The van der Waals surface area contributed by atoms with Crippen LogP contribution in [0.1, 0.15) is 23.7 Å². The first-order valence-corrected chi connectivity index (χ1v) is 8.68. The Kier molecular flexibility index (Phi) is 4.32. The van der Waals surface area contributed by atoms with Gasteiger partial charge in [-0.3, -0.25) is 0 Å². The van der Waals surface area contributed by atoms with Crippen molar-refractivity contribution in [2.24, 2.45) is 0 Å². The molecule has 2 heterocycles. The lowest BCUT2D eigenvalue weighted by atomic mass is 10.0. The SMILES string of the molecule is N#Cc1ncccc1S(=O)(=O)N1C[C@@H](O)C[C@H]1c1ccc(F)cc1. The first kappa shape index (κ1) is 16.5. The number of hydrogen-bond acceptors (Lipinski definition) is 5. The molecule has 0 aliphatic carbocycles. The molecule has 0 spiro atoms. The van der Waals surface area contributed by atoms with Crippen LogP contribution in [-0.2, 0) is 10.0 Å². The van der Waals surface area contributed by atoms with E-state index in [9.17, 15) is 17.9 Å². The van der Waals surface area contributed by atoms with Gasteiger partial charge in [0.2, 0.25) is 10.0 Å². The molecule has 1 fully saturated rings. The van der Waals surface area contributed by atoms with Crippen LogP contribution in [0.5, 0.6) is 0 Å². The molecule has 2 aromatic rings. The van der Waals surface area contributed by atoms with E-state index in [0.717, 1.165) is 4.31 Å². The molecule has 1 aliphatic heterocycles. The lowest BCUT2D eigenvalue weighted by Crippen LogP contribution is -2.32. The van der Waals surface area contributed by atoms with Gasteiger partial charge in [-0.15, -0.1) is 0 Å². The molecule has 24 heavy (non-hydrogen) atoms. The summed E-state index contributed by atoms with van der Waals surface area (Å²) in [5.74, 6) is -0.425. The molecule has 0 unspecified atom stereocenters. The quantitative estimate of drug-likeness (QED) is 0.910. The zero-order valence-electron chi connectivity index (χ0n) is 12.5. The Labute approximate surface area is 138 Å². The third-order valence-corrected chi connectivity index (χ3v) is 5.86. The van der Waals surface area contributed by atoms with Crippen LogP contribution in [0.2, 0.25) is 0 Å². The summed E-state index contributed by atoms with van der Waals surface area (Å²) in [6, 6.07) is 9.37. The normalized spacial score (nSPS) is 21.5. The number of aromatic nitrogens is 1. The maximum Gasteiger partial charge on any atom is 0.246 e. The molecule has 124 valence electrons. The van der Waals surface area contributed by atoms with Crippen LogP contribution in [0.3, 0.4) is 0 Å². The molecule has 1 aromatic heterocycles. The Bertz CT molecular complexity index is 894. The minimum Gasteiger partial charge on any atom is -0.392 e. The number of β-amino-alcohol motifs (C(OH)–C–C–N with tert-alkyl or cyclic N) is 1. The van der Waals surface area contributed by atoms with Crippen LogP contribution in [0.4, 0.5) is 4.39 Å². The zero-order chi connectivity index (χ0) is 17.3. The molecule has 2 atom stereocenters. The first-order valence-electron chi connectivity index (χ1n) is 7.24. The van der Waals surface area contributed by atoms with Gasteiger partial charge in [0.25, 0.3) is 0 Å². The molecule has 8 heteroatoms. The molecule has 0 radical (unpaired) electrons. The van der Waals surface area contributed by atoms with E-state index in [0.29, 0.717) is 5.56 Å². The van der Waals surface area contributed by atoms with Gasteiger partial charge in [-0.2, -0.15) is 9.57 Å². The van der Waals surface area contributed by atoms with E-state index in [2.05, 4.69) is 4.98 Å². The van der Waals surface area contributed by atoms with Crippen LogP contribution in [-0.4, -0.2) is 35.5 Å². The Morgan fingerprint density at radius 1 is 1.29 bits per heavy atom.